The average Bonchev–Trinajstić information content (AvgIpc) is 3.42. The Bertz CT molecular complexity index is 801. The molecule has 6 N–H and O–H groups in total. The van der Waals surface area contributed by atoms with E-state index in [1.54, 1.807) is 13.8 Å². The van der Waals surface area contributed by atoms with Gasteiger partial charge in [0.05, 0.1) is 6.67 Å². The summed E-state index contributed by atoms with van der Waals surface area (Å²) in [7, 11) is 0. The predicted molar refractivity (Wildman–Crippen MR) is 161 cm³/mol. The number of carbonyl (C=O) groups is 4. The maximum Gasteiger partial charge on any atom is 0.243 e. The van der Waals surface area contributed by atoms with Crippen LogP contribution in [-0.2, 0) is 19.2 Å². The summed E-state index contributed by atoms with van der Waals surface area (Å²) >= 11 is 0. The summed E-state index contributed by atoms with van der Waals surface area (Å²) < 4.78 is 0. The molecule has 0 saturated carbocycles. The summed E-state index contributed by atoms with van der Waals surface area (Å²) in [6.45, 7) is 8.38. The maximum atomic E-state index is 13.1. The van der Waals surface area contributed by atoms with Gasteiger partial charge in [0.25, 0.3) is 0 Å². The van der Waals surface area contributed by atoms with E-state index in [4.69, 9.17) is 5.73 Å². The van der Waals surface area contributed by atoms with Gasteiger partial charge in [-0.2, -0.15) is 0 Å². The van der Waals surface area contributed by atoms with Crippen LogP contribution in [0.25, 0.3) is 0 Å². The lowest BCUT2D eigenvalue weighted by atomic mass is 10.0. The zero-order chi connectivity index (χ0) is 29.8. The summed E-state index contributed by atoms with van der Waals surface area (Å²) in [6.07, 6.45) is 16.7. The molecule has 0 spiro atoms. The van der Waals surface area contributed by atoms with Crippen molar-refractivity contribution in [3.63, 3.8) is 0 Å². The molecular formula is C30H56N6O4. The molecule has 1 aliphatic rings. The number of unbranched alkanes of at least 4 members (excludes halogenated alkanes) is 12. The highest BCUT2D eigenvalue weighted by molar-refractivity contribution is 5.98. The van der Waals surface area contributed by atoms with Crippen LogP contribution in [0.3, 0.4) is 0 Å². The third kappa shape index (κ3) is 15.9. The lowest BCUT2D eigenvalue weighted by Crippen LogP contribution is -2.56. The van der Waals surface area contributed by atoms with Crippen LogP contribution >= 0.6 is 0 Å². The van der Waals surface area contributed by atoms with Crippen molar-refractivity contribution in [1.29, 1.82) is 0 Å². The van der Waals surface area contributed by atoms with Crippen LogP contribution in [0.1, 0.15) is 124 Å². The first-order valence-electron chi connectivity index (χ1n) is 15.6. The second-order valence-electron chi connectivity index (χ2n) is 11.5. The van der Waals surface area contributed by atoms with Crippen LogP contribution in [0.4, 0.5) is 0 Å². The SMILES string of the molecule is CCCCCCCCCCCCCCCC(=O)NC(CC1=NCNC1)C(=O)NC(C)C(=O)NC(C(N)=O)C(C)C. The number of nitrogens with zero attached hydrogens (tertiary/aromatic N) is 1. The Morgan fingerprint density at radius 3 is 1.82 bits per heavy atom. The van der Waals surface area contributed by atoms with Crippen molar-refractivity contribution in [1.82, 2.24) is 21.3 Å². The number of rotatable bonds is 23. The van der Waals surface area contributed by atoms with Crippen molar-refractivity contribution < 1.29 is 19.2 Å². The Kier molecular flexibility index (Phi) is 18.9. The minimum Gasteiger partial charge on any atom is -0.368 e. The highest BCUT2D eigenvalue weighted by atomic mass is 16.2. The van der Waals surface area contributed by atoms with E-state index in [9.17, 15) is 19.2 Å². The van der Waals surface area contributed by atoms with Crippen molar-refractivity contribution in [2.24, 2.45) is 16.6 Å². The zero-order valence-corrected chi connectivity index (χ0v) is 25.5. The van der Waals surface area contributed by atoms with Gasteiger partial charge >= 0.3 is 0 Å². The number of carbonyl (C=O) groups excluding carboxylic acids is 4. The van der Waals surface area contributed by atoms with Crippen molar-refractivity contribution in [2.45, 2.75) is 142 Å². The van der Waals surface area contributed by atoms with Crippen molar-refractivity contribution in [3.05, 3.63) is 0 Å². The molecule has 0 aliphatic carbocycles. The molecule has 1 rings (SSSR count). The maximum absolute atomic E-state index is 13.1. The van der Waals surface area contributed by atoms with E-state index in [1.165, 1.54) is 71.1 Å². The lowest BCUT2D eigenvalue weighted by Gasteiger charge is -2.24. The van der Waals surface area contributed by atoms with Gasteiger partial charge in [-0.15, -0.1) is 0 Å². The summed E-state index contributed by atoms with van der Waals surface area (Å²) in [4.78, 5) is 54.3. The molecule has 1 heterocycles. The third-order valence-electron chi connectivity index (χ3n) is 7.37. The van der Waals surface area contributed by atoms with E-state index < -0.39 is 35.8 Å². The van der Waals surface area contributed by atoms with Gasteiger partial charge in [-0.1, -0.05) is 97.8 Å². The van der Waals surface area contributed by atoms with Crippen LogP contribution in [0.2, 0.25) is 0 Å². The van der Waals surface area contributed by atoms with Gasteiger partial charge in [-0.3, -0.25) is 29.5 Å². The molecule has 3 unspecified atom stereocenters. The zero-order valence-electron chi connectivity index (χ0n) is 25.5. The number of aliphatic imine (C=N–C) groups is 1. The number of amides is 4. The molecular weight excluding hydrogens is 508 g/mol. The predicted octanol–water partition coefficient (Wildman–Crippen LogP) is 3.48. The van der Waals surface area contributed by atoms with Crippen molar-refractivity contribution >= 4 is 29.3 Å². The van der Waals surface area contributed by atoms with Crippen LogP contribution in [0.15, 0.2) is 4.99 Å². The molecule has 40 heavy (non-hydrogen) atoms. The van der Waals surface area contributed by atoms with Gasteiger partial charge in [0, 0.05) is 25.1 Å². The number of primary amides is 1. The highest BCUT2D eigenvalue weighted by Crippen LogP contribution is 2.13. The second kappa shape index (κ2) is 21.3. The molecule has 1 aliphatic heterocycles. The number of hydrogen-bond donors (Lipinski definition) is 5. The minimum absolute atomic E-state index is 0.180. The highest BCUT2D eigenvalue weighted by Gasteiger charge is 2.28. The Balaban J connectivity index is 2.39. The smallest absolute Gasteiger partial charge is 0.243 e. The number of nitrogens with two attached hydrogens (primary N) is 1. The van der Waals surface area contributed by atoms with Crippen LogP contribution in [-0.4, -0.2) is 60.7 Å². The molecule has 0 saturated heterocycles. The van der Waals surface area contributed by atoms with Crippen LogP contribution in [0.5, 0.6) is 0 Å². The molecule has 230 valence electrons. The molecule has 0 bridgehead atoms. The third-order valence-corrected chi connectivity index (χ3v) is 7.37. The largest absolute Gasteiger partial charge is 0.368 e. The molecule has 0 aromatic heterocycles. The first-order valence-corrected chi connectivity index (χ1v) is 15.6. The summed E-state index contributed by atoms with van der Waals surface area (Å²) in [5.41, 5.74) is 6.18. The number of nitrogens with one attached hydrogen (secondary N) is 4. The molecule has 4 amide bonds. The fourth-order valence-corrected chi connectivity index (χ4v) is 4.80. The molecule has 3 atom stereocenters. The van der Waals surface area contributed by atoms with Crippen LogP contribution < -0.4 is 27.0 Å². The van der Waals surface area contributed by atoms with Gasteiger partial charge in [-0.05, 0) is 19.3 Å². The molecule has 10 nitrogen and oxygen atoms in total. The van der Waals surface area contributed by atoms with E-state index in [2.05, 4.69) is 33.2 Å². The topological polar surface area (TPSA) is 155 Å². The van der Waals surface area contributed by atoms with Gasteiger partial charge in [0.15, 0.2) is 0 Å². The fraction of sp³-hybridized carbons (Fsp3) is 0.833. The fourth-order valence-electron chi connectivity index (χ4n) is 4.80. The first-order chi connectivity index (χ1) is 19.1. The van der Waals surface area contributed by atoms with Gasteiger partial charge in [0.1, 0.15) is 18.1 Å². The summed E-state index contributed by atoms with van der Waals surface area (Å²) in [6, 6.07) is -2.57. The van der Waals surface area contributed by atoms with Gasteiger partial charge in [-0.25, -0.2) is 0 Å². The van der Waals surface area contributed by atoms with E-state index in [-0.39, 0.29) is 18.2 Å². The van der Waals surface area contributed by atoms with Crippen molar-refractivity contribution in [2.75, 3.05) is 13.2 Å². The monoisotopic (exact) mass is 564 g/mol. The van der Waals surface area contributed by atoms with Gasteiger partial charge in [0.2, 0.25) is 23.6 Å². The van der Waals surface area contributed by atoms with E-state index in [1.807, 2.05) is 0 Å². The molecule has 0 radical (unpaired) electrons. The molecule has 0 aromatic rings. The normalized spacial score (nSPS) is 15.3. The standard InChI is InChI=1S/C30H56N6O4/c1-5-6-7-8-9-10-11-12-13-14-15-16-17-18-26(37)35-25(19-24-20-32-21-33-24)30(40)34-23(4)29(39)36-27(22(2)3)28(31)38/h22-23,25,27,32H,5-21H2,1-4H3,(H2,31,38)(H,34,40)(H,35,37)(H,36,39). The van der Waals surface area contributed by atoms with E-state index in [0.717, 1.165) is 25.0 Å². The Morgan fingerprint density at radius 1 is 0.800 bits per heavy atom. The average molecular weight is 565 g/mol. The first kappa shape index (κ1) is 35.5. The quantitative estimate of drug-likeness (QED) is 0.120. The summed E-state index contributed by atoms with van der Waals surface area (Å²) in [5.74, 6) is -1.97. The Hall–Kier alpha value is -2.49. The van der Waals surface area contributed by atoms with Crippen LogP contribution in [0, 0.1) is 5.92 Å². The van der Waals surface area contributed by atoms with Gasteiger partial charge < -0.3 is 21.7 Å². The Morgan fingerprint density at radius 2 is 1.35 bits per heavy atom. The molecule has 10 heteroatoms. The lowest BCUT2D eigenvalue weighted by molar-refractivity contribution is -0.133. The second-order valence-corrected chi connectivity index (χ2v) is 11.5. The van der Waals surface area contributed by atoms with Crippen molar-refractivity contribution in [3.8, 4) is 0 Å². The van der Waals surface area contributed by atoms with E-state index >= 15 is 0 Å². The summed E-state index contributed by atoms with van der Waals surface area (Å²) in [5, 5.41) is 11.2. The molecule has 0 aromatic carbocycles. The Labute approximate surface area is 241 Å². The number of hydrogen-bond acceptors (Lipinski definition) is 6. The molecule has 0 fully saturated rings. The van der Waals surface area contributed by atoms with E-state index in [0.29, 0.717) is 19.6 Å². The minimum atomic E-state index is -0.905.